The van der Waals surface area contributed by atoms with E-state index >= 15 is 0 Å². The lowest BCUT2D eigenvalue weighted by Gasteiger charge is -2.33. The van der Waals surface area contributed by atoms with Crippen LogP contribution >= 0.6 is 0 Å². The molecule has 0 amide bonds. The van der Waals surface area contributed by atoms with Crippen LogP contribution in [0.15, 0.2) is 35.2 Å². The number of nitrogens with zero attached hydrogens (tertiary/aromatic N) is 2. The second kappa shape index (κ2) is 7.17. The summed E-state index contributed by atoms with van der Waals surface area (Å²) in [6, 6.07) is 8.66. The van der Waals surface area contributed by atoms with Gasteiger partial charge in [-0.15, -0.1) is 0 Å². The van der Waals surface area contributed by atoms with Crippen molar-refractivity contribution >= 4 is 10.0 Å². The average Bonchev–Trinajstić information content (AvgIpc) is 2.49. The predicted molar refractivity (Wildman–Crippen MR) is 79.9 cm³/mol. The van der Waals surface area contributed by atoms with E-state index in [1.165, 1.54) is 0 Å². The number of nitrogens with two attached hydrogens (primary N) is 1. The minimum atomic E-state index is -3.32. The standard InChI is InChI=1S/C14H23N3O2S/c15-8-4-5-9-16-10-12-17(13-11-16)20(18,19)14-6-2-1-3-7-14/h1-3,6-7H,4-5,8-13,15H2. The van der Waals surface area contributed by atoms with Crippen molar-refractivity contribution in [1.82, 2.24) is 9.21 Å². The Kier molecular flexibility index (Phi) is 5.54. The largest absolute Gasteiger partial charge is 0.330 e. The van der Waals surface area contributed by atoms with Crippen molar-refractivity contribution in [2.45, 2.75) is 17.7 Å². The molecule has 1 aromatic carbocycles. The van der Waals surface area contributed by atoms with Crippen molar-refractivity contribution in [3.05, 3.63) is 30.3 Å². The van der Waals surface area contributed by atoms with Crippen molar-refractivity contribution in [1.29, 1.82) is 0 Å². The Balaban J connectivity index is 1.90. The van der Waals surface area contributed by atoms with E-state index in [4.69, 9.17) is 5.73 Å². The molecule has 2 rings (SSSR count). The molecule has 0 spiro atoms. The van der Waals surface area contributed by atoms with Crippen LogP contribution in [0.2, 0.25) is 0 Å². The highest BCUT2D eigenvalue weighted by molar-refractivity contribution is 7.89. The van der Waals surface area contributed by atoms with Gasteiger partial charge >= 0.3 is 0 Å². The molecule has 0 aliphatic carbocycles. The fourth-order valence-corrected chi connectivity index (χ4v) is 3.86. The number of benzene rings is 1. The molecule has 0 radical (unpaired) electrons. The van der Waals surface area contributed by atoms with E-state index in [0.717, 1.165) is 39.0 Å². The van der Waals surface area contributed by atoms with Crippen LogP contribution in [0, 0.1) is 0 Å². The fraction of sp³-hybridized carbons (Fsp3) is 0.571. The van der Waals surface area contributed by atoms with Gasteiger partial charge in [0.05, 0.1) is 4.90 Å². The molecule has 1 aliphatic heterocycles. The molecule has 20 heavy (non-hydrogen) atoms. The SMILES string of the molecule is NCCCCN1CCN(S(=O)(=O)c2ccccc2)CC1. The second-order valence-corrected chi connectivity index (χ2v) is 6.99. The third-order valence-corrected chi connectivity index (χ3v) is 5.55. The number of hydrogen-bond acceptors (Lipinski definition) is 4. The number of sulfonamides is 1. The van der Waals surface area contributed by atoms with Gasteiger partial charge in [-0.25, -0.2) is 8.42 Å². The lowest BCUT2D eigenvalue weighted by Crippen LogP contribution is -2.48. The molecule has 0 saturated carbocycles. The molecule has 0 unspecified atom stereocenters. The monoisotopic (exact) mass is 297 g/mol. The third kappa shape index (κ3) is 3.79. The molecule has 2 N–H and O–H groups in total. The molecule has 0 aromatic heterocycles. The maximum Gasteiger partial charge on any atom is 0.243 e. The number of rotatable bonds is 6. The van der Waals surface area contributed by atoms with Gasteiger partial charge in [0.1, 0.15) is 0 Å². The first-order valence-electron chi connectivity index (χ1n) is 7.12. The van der Waals surface area contributed by atoms with Gasteiger partial charge in [-0.1, -0.05) is 18.2 Å². The van der Waals surface area contributed by atoms with Crippen LogP contribution in [-0.2, 0) is 10.0 Å². The molecule has 1 saturated heterocycles. The molecule has 5 nitrogen and oxygen atoms in total. The van der Waals surface area contributed by atoms with Crippen LogP contribution in [0.1, 0.15) is 12.8 Å². The molecule has 0 bridgehead atoms. The minimum Gasteiger partial charge on any atom is -0.330 e. The van der Waals surface area contributed by atoms with Crippen molar-refractivity contribution in [3.8, 4) is 0 Å². The van der Waals surface area contributed by atoms with Crippen molar-refractivity contribution in [3.63, 3.8) is 0 Å². The van der Waals surface area contributed by atoms with Crippen molar-refractivity contribution in [2.24, 2.45) is 5.73 Å². The minimum absolute atomic E-state index is 0.386. The van der Waals surface area contributed by atoms with Gasteiger partial charge in [0.15, 0.2) is 0 Å². The van der Waals surface area contributed by atoms with Crippen LogP contribution in [-0.4, -0.2) is 56.9 Å². The molecule has 1 fully saturated rings. The summed E-state index contributed by atoms with van der Waals surface area (Å²) >= 11 is 0. The summed E-state index contributed by atoms with van der Waals surface area (Å²) in [5, 5.41) is 0. The van der Waals surface area contributed by atoms with Crippen LogP contribution in [0.4, 0.5) is 0 Å². The summed E-state index contributed by atoms with van der Waals surface area (Å²) < 4.78 is 26.5. The van der Waals surface area contributed by atoms with E-state index in [1.807, 2.05) is 6.07 Å². The highest BCUT2D eigenvalue weighted by Crippen LogP contribution is 2.17. The zero-order valence-corrected chi connectivity index (χ0v) is 12.6. The maximum absolute atomic E-state index is 12.4. The lowest BCUT2D eigenvalue weighted by molar-refractivity contribution is 0.186. The summed E-state index contributed by atoms with van der Waals surface area (Å²) in [6.07, 6.45) is 2.12. The van der Waals surface area contributed by atoms with Crippen LogP contribution in [0.25, 0.3) is 0 Å². The van der Waals surface area contributed by atoms with Gasteiger partial charge in [0.25, 0.3) is 0 Å². The first kappa shape index (κ1) is 15.4. The predicted octanol–water partition coefficient (Wildman–Crippen LogP) is 0.732. The molecule has 112 valence electrons. The van der Waals surface area contributed by atoms with E-state index in [-0.39, 0.29) is 0 Å². The smallest absolute Gasteiger partial charge is 0.243 e. The second-order valence-electron chi connectivity index (χ2n) is 5.05. The van der Waals surface area contributed by atoms with E-state index in [0.29, 0.717) is 18.0 Å². The molecule has 1 aliphatic rings. The summed E-state index contributed by atoms with van der Waals surface area (Å²) in [5.74, 6) is 0. The zero-order valence-electron chi connectivity index (χ0n) is 11.7. The van der Waals surface area contributed by atoms with Crippen molar-refractivity contribution in [2.75, 3.05) is 39.3 Å². The summed E-state index contributed by atoms with van der Waals surface area (Å²) in [5.41, 5.74) is 5.48. The molecule has 6 heteroatoms. The van der Waals surface area contributed by atoms with Crippen LogP contribution < -0.4 is 5.73 Å². The topological polar surface area (TPSA) is 66.6 Å². The Bertz CT molecular complexity index is 496. The lowest BCUT2D eigenvalue weighted by atomic mass is 10.2. The third-order valence-electron chi connectivity index (χ3n) is 3.64. The van der Waals surface area contributed by atoms with Crippen LogP contribution in [0.5, 0.6) is 0 Å². The van der Waals surface area contributed by atoms with E-state index in [2.05, 4.69) is 4.90 Å². The quantitative estimate of drug-likeness (QED) is 0.786. The van der Waals surface area contributed by atoms with E-state index < -0.39 is 10.0 Å². The highest BCUT2D eigenvalue weighted by atomic mass is 32.2. The molecule has 0 atom stereocenters. The van der Waals surface area contributed by atoms with Gasteiger partial charge in [-0.3, -0.25) is 0 Å². The first-order chi connectivity index (χ1) is 9.64. The number of hydrogen-bond donors (Lipinski definition) is 1. The normalized spacial score (nSPS) is 18.2. The number of piperazine rings is 1. The van der Waals surface area contributed by atoms with Crippen LogP contribution in [0.3, 0.4) is 0 Å². The summed E-state index contributed by atoms with van der Waals surface area (Å²) in [6.45, 7) is 4.48. The summed E-state index contributed by atoms with van der Waals surface area (Å²) in [7, 11) is -3.32. The van der Waals surface area contributed by atoms with Gasteiger partial charge in [-0.05, 0) is 38.1 Å². The zero-order chi connectivity index (χ0) is 14.4. The van der Waals surface area contributed by atoms with E-state index in [9.17, 15) is 8.42 Å². The molecule has 1 aromatic rings. The van der Waals surface area contributed by atoms with Gasteiger partial charge < -0.3 is 10.6 Å². The van der Waals surface area contributed by atoms with Gasteiger partial charge in [0.2, 0.25) is 10.0 Å². The average molecular weight is 297 g/mol. The Morgan fingerprint density at radius 1 is 1.00 bits per heavy atom. The Morgan fingerprint density at radius 2 is 1.65 bits per heavy atom. The Hall–Kier alpha value is -0.950. The van der Waals surface area contributed by atoms with Crippen molar-refractivity contribution < 1.29 is 8.42 Å². The molecule has 1 heterocycles. The number of unbranched alkanes of at least 4 members (excludes halogenated alkanes) is 1. The van der Waals surface area contributed by atoms with Gasteiger partial charge in [-0.2, -0.15) is 4.31 Å². The fourth-order valence-electron chi connectivity index (χ4n) is 2.41. The maximum atomic E-state index is 12.4. The van der Waals surface area contributed by atoms with E-state index in [1.54, 1.807) is 28.6 Å². The Labute approximate surface area is 121 Å². The first-order valence-corrected chi connectivity index (χ1v) is 8.56. The highest BCUT2D eigenvalue weighted by Gasteiger charge is 2.27. The Morgan fingerprint density at radius 3 is 2.25 bits per heavy atom. The molecular weight excluding hydrogens is 274 g/mol. The molecular formula is C14H23N3O2S. The summed E-state index contributed by atoms with van der Waals surface area (Å²) in [4.78, 5) is 2.70. The van der Waals surface area contributed by atoms with Gasteiger partial charge in [0, 0.05) is 26.2 Å².